The first kappa shape index (κ1) is 15.4. The summed E-state index contributed by atoms with van der Waals surface area (Å²) in [5.74, 6) is -1.17. The number of nitro benzene ring substituents is 1. The normalized spacial score (nSPS) is 10.5. The lowest BCUT2D eigenvalue weighted by molar-refractivity contribution is -0.384. The van der Waals surface area contributed by atoms with Gasteiger partial charge in [0.2, 0.25) is 0 Å². The van der Waals surface area contributed by atoms with Gasteiger partial charge >= 0.3 is 5.97 Å². The van der Waals surface area contributed by atoms with Gasteiger partial charge in [0.1, 0.15) is 5.75 Å². The fourth-order valence-electron chi connectivity index (χ4n) is 1.55. The van der Waals surface area contributed by atoms with Crippen LogP contribution >= 0.6 is 0 Å². The molecule has 0 aliphatic carbocycles. The molecule has 0 unspecified atom stereocenters. The van der Waals surface area contributed by atoms with Crippen LogP contribution in [0, 0.1) is 10.1 Å². The lowest BCUT2D eigenvalue weighted by Crippen LogP contribution is -2.07. The van der Waals surface area contributed by atoms with E-state index >= 15 is 0 Å². The number of methoxy groups -OCH3 is 1. The number of carbonyl (C=O) groups is 1. The smallest absolute Gasteiger partial charge is 0.336 e. The Balaban J connectivity index is 3.21. The Labute approximate surface area is 115 Å². The summed E-state index contributed by atoms with van der Waals surface area (Å²) < 4.78 is 5.00. The zero-order valence-corrected chi connectivity index (χ0v) is 10.8. The predicted molar refractivity (Wildman–Crippen MR) is 73.3 cm³/mol. The minimum atomic E-state index is -1.26. The maximum Gasteiger partial charge on any atom is 0.336 e. The molecule has 0 radical (unpaired) electrons. The molecule has 0 aromatic heterocycles. The van der Waals surface area contributed by atoms with Crippen LogP contribution in [-0.2, 0) is 0 Å². The molecule has 0 amide bonds. The quantitative estimate of drug-likeness (QED) is 0.389. The first-order chi connectivity index (χ1) is 9.51. The van der Waals surface area contributed by atoms with E-state index in [2.05, 4.69) is 5.32 Å². The SMILES string of the molecule is COc1cc(C(=O)O)cc([N+](=O)[O-])c1NC/C=C/CN. The number of nitro groups is 1. The summed E-state index contributed by atoms with van der Waals surface area (Å²) in [4.78, 5) is 21.3. The van der Waals surface area contributed by atoms with Crippen molar-refractivity contribution in [3.63, 3.8) is 0 Å². The highest BCUT2D eigenvalue weighted by atomic mass is 16.6. The number of benzene rings is 1. The summed E-state index contributed by atoms with van der Waals surface area (Å²) in [6, 6.07) is 2.21. The summed E-state index contributed by atoms with van der Waals surface area (Å²) >= 11 is 0. The Morgan fingerprint density at radius 3 is 2.75 bits per heavy atom. The zero-order valence-electron chi connectivity index (χ0n) is 10.8. The first-order valence-corrected chi connectivity index (χ1v) is 5.70. The van der Waals surface area contributed by atoms with Gasteiger partial charge in [-0.25, -0.2) is 4.79 Å². The van der Waals surface area contributed by atoms with Crippen LogP contribution in [0.25, 0.3) is 0 Å². The molecular weight excluding hydrogens is 266 g/mol. The Morgan fingerprint density at radius 1 is 1.55 bits per heavy atom. The molecule has 108 valence electrons. The number of carboxylic acids is 1. The molecular formula is C12H15N3O5. The highest BCUT2D eigenvalue weighted by molar-refractivity contribution is 5.91. The molecule has 0 saturated carbocycles. The Kier molecular flexibility index (Phi) is 5.48. The fraction of sp³-hybridized carbons (Fsp3) is 0.250. The van der Waals surface area contributed by atoms with Gasteiger partial charge in [-0.2, -0.15) is 0 Å². The van der Waals surface area contributed by atoms with Crippen LogP contribution in [0.3, 0.4) is 0 Å². The first-order valence-electron chi connectivity index (χ1n) is 5.70. The molecule has 4 N–H and O–H groups in total. The van der Waals surface area contributed by atoms with Crippen LogP contribution in [0.1, 0.15) is 10.4 Å². The third kappa shape index (κ3) is 3.69. The zero-order chi connectivity index (χ0) is 15.1. The van der Waals surface area contributed by atoms with Crippen molar-refractivity contribution in [2.75, 3.05) is 25.5 Å². The molecule has 8 nitrogen and oxygen atoms in total. The Morgan fingerprint density at radius 2 is 2.25 bits per heavy atom. The van der Waals surface area contributed by atoms with Crippen LogP contribution in [0.15, 0.2) is 24.3 Å². The van der Waals surface area contributed by atoms with Crippen LogP contribution < -0.4 is 15.8 Å². The molecule has 1 aromatic carbocycles. The summed E-state index contributed by atoms with van der Waals surface area (Å²) in [5.41, 5.74) is 4.84. The standard InChI is InChI=1S/C12H15N3O5/c1-20-10-7-8(12(16)17)6-9(15(18)19)11(10)14-5-3-2-4-13/h2-3,6-7,14H,4-5,13H2,1H3,(H,16,17)/b3-2+. The van der Waals surface area contributed by atoms with E-state index in [1.807, 2.05) is 0 Å². The van der Waals surface area contributed by atoms with E-state index in [1.165, 1.54) is 13.2 Å². The average Bonchev–Trinajstić information content (AvgIpc) is 2.42. The van der Waals surface area contributed by atoms with Crippen LogP contribution in [0.4, 0.5) is 11.4 Å². The molecule has 0 atom stereocenters. The summed E-state index contributed by atoms with van der Waals surface area (Å²) in [6.45, 7) is 0.666. The molecule has 0 heterocycles. The van der Waals surface area contributed by atoms with Gasteiger partial charge in [-0.15, -0.1) is 0 Å². The monoisotopic (exact) mass is 281 g/mol. The van der Waals surface area contributed by atoms with Crippen molar-refractivity contribution in [3.05, 3.63) is 40.0 Å². The van der Waals surface area contributed by atoms with E-state index < -0.39 is 10.9 Å². The number of carboxylic acid groups (broad SMARTS) is 1. The Bertz CT molecular complexity index is 542. The number of ether oxygens (including phenoxy) is 1. The number of nitrogens with zero attached hydrogens (tertiary/aromatic N) is 1. The van der Waals surface area contributed by atoms with Crippen LogP contribution in [-0.4, -0.2) is 36.2 Å². The van der Waals surface area contributed by atoms with E-state index in [0.717, 1.165) is 6.07 Å². The second-order valence-corrected chi connectivity index (χ2v) is 3.72. The van der Waals surface area contributed by atoms with Gasteiger partial charge in [-0.3, -0.25) is 10.1 Å². The van der Waals surface area contributed by atoms with Crippen molar-refractivity contribution in [1.29, 1.82) is 0 Å². The topological polar surface area (TPSA) is 128 Å². The van der Waals surface area contributed by atoms with E-state index in [9.17, 15) is 14.9 Å². The number of hydrogen-bond donors (Lipinski definition) is 3. The van der Waals surface area contributed by atoms with E-state index in [4.69, 9.17) is 15.6 Å². The minimum absolute atomic E-state index is 0.0951. The van der Waals surface area contributed by atoms with E-state index in [-0.39, 0.29) is 22.7 Å². The molecule has 1 aromatic rings. The largest absolute Gasteiger partial charge is 0.494 e. The maximum atomic E-state index is 11.0. The Hall–Kier alpha value is -2.61. The number of hydrogen-bond acceptors (Lipinski definition) is 6. The molecule has 20 heavy (non-hydrogen) atoms. The number of rotatable bonds is 7. The minimum Gasteiger partial charge on any atom is -0.494 e. The van der Waals surface area contributed by atoms with Crippen molar-refractivity contribution in [1.82, 2.24) is 0 Å². The number of anilines is 1. The molecule has 0 fully saturated rings. The summed E-state index contributed by atoms with van der Waals surface area (Å²) in [5, 5.41) is 22.8. The molecule has 8 heteroatoms. The molecule has 0 aliphatic rings. The second-order valence-electron chi connectivity index (χ2n) is 3.72. The van der Waals surface area contributed by atoms with Crippen molar-refractivity contribution in [2.24, 2.45) is 5.73 Å². The van der Waals surface area contributed by atoms with Gasteiger partial charge in [-0.1, -0.05) is 12.2 Å². The summed E-state index contributed by atoms with van der Waals surface area (Å²) in [6.07, 6.45) is 3.39. The average molecular weight is 281 g/mol. The van der Waals surface area contributed by atoms with Gasteiger partial charge in [0.25, 0.3) is 5.69 Å². The maximum absolute atomic E-state index is 11.0. The third-order valence-electron chi connectivity index (χ3n) is 2.44. The molecule has 0 bridgehead atoms. The van der Waals surface area contributed by atoms with E-state index in [0.29, 0.717) is 13.1 Å². The molecule has 0 spiro atoms. The van der Waals surface area contributed by atoms with Crippen molar-refractivity contribution in [2.45, 2.75) is 0 Å². The highest BCUT2D eigenvalue weighted by Crippen LogP contribution is 2.35. The van der Waals surface area contributed by atoms with E-state index in [1.54, 1.807) is 12.2 Å². The fourth-order valence-corrected chi connectivity index (χ4v) is 1.55. The van der Waals surface area contributed by atoms with Gasteiger partial charge in [0.05, 0.1) is 17.6 Å². The molecule has 1 rings (SSSR count). The van der Waals surface area contributed by atoms with Crippen LogP contribution in [0.5, 0.6) is 5.75 Å². The molecule has 0 aliphatic heterocycles. The van der Waals surface area contributed by atoms with Crippen molar-refractivity contribution >= 4 is 17.3 Å². The van der Waals surface area contributed by atoms with Gasteiger partial charge in [-0.05, 0) is 6.07 Å². The molecule has 0 saturated heterocycles. The third-order valence-corrected chi connectivity index (χ3v) is 2.44. The summed E-state index contributed by atoms with van der Waals surface area (Å²) in [7, 11) is 1.31. The van der Waals surface area contributed by atoms with Crippen molar-refractivity contribution in [3.8, 4) is 5.75 Å². The number of nitrogens with two attached hydrogens (primary N) is 1. The number of aromatic carboxylic acids is 1. The number of nitrogens with one attached hydrogen (secondary N) is 1. The second kappa shape index (κ2) is 7.10. The predicted octanol–water partition coefficient (Wildman–Crippen LogP) is 1.23. The highest BCUT2D eigenvalue weighted by Gasteiger charge is 2.22. The van der Waals surface area contributed by atoms with Crippen LogP contribution in [0.2, 0.25) is 0 Å². The lowest BCUT2D eigenvalue weighted by atomic mass is 10.1. The van der Waals surface area contributed by atoms with Gasteiger partial charge in [0.15, 0.2) is 5.69 Å². The van der Waals surface area contributed by atoms with Gasteiger partial charge in [0, 0.05) is 19.2 Å². The van der Waals surface area contributed by atoms with Crippen molar-refractivity contribution < 1.29 is 19.6 Å². The lowest BCUT2D eigenvalue weighted by Gasteiger charge is -2.11. The van der Waals surface area contributed by atoms with Gasteiger partial charge < -0.3 is 20.9 Å².